The zero-order valence-corrected chi connectivity index (χ0v) is 17.4. The molecule has 0 spiro atoms. The lowest BCUT2D eigenvalue weighted by atomic mass is 9.85. The third kappa shape index (κ3) is 2.87. The number of hydrazone groups is 1. The number of fused-ring (bicyclic) bond motifs is 6. The average Bonchev–Trinajstić information content (AvgIpc) is 3.53. The van der Waals surface area contributed by atoms with Gasteiger partial charge < -0.3 is 4.57 Å². The summed E-state index contributed by atoms with van der Waals surface area (Å²) in [6, 6.07) is 15.8. The highest BCUT2D eigenvalue weighted by Crippen LogP contribution is 2.52. The summed E-state index contributed by atoms with van der Waals surface area (Å²) in [4.78, 5) is 25.8. The van der Waals surface area contributed by atoms with Crippen molar-refractivity contribution in [2.75, 3.05) is 0 Å². The van der Waals surface area contributed by atoms with Gasteiger partial charge >= 0.3 is 0 Å². The molecular formula is C25H20ClN3O2. The van der Waals surface area contributed by atoms with Gasteiger partial charge in [-0.05, 0) is 42.0 Å². The minimum atomic E-state index is -0.231. The molecule has 6 heteroatoms. The Balaban J connectivity index is 1.31. The number of allylic oxidation sites excluding steroid dienone is 2. The number of hydrogen-bond acceptors (Lipinski definition) is 3. The number of imide groups is 1. The number of carbonyl (C=O) groups is 2. The monoisotopic (exact) mass is 429 g/mol. The van der Waals surface area contributed by atoms with E-state index in [2.05, 4.69) is 27.9 Å². The summed E-state index contributed by atoms with van der Waals surface area (Å²) in [7, 11) is 0. The van der Waals surface area contributed by atoms with Crippen LogP contribution in [0.5, 0.6) is 0 Å². The number of hydrogen-bond donors (Lipinski definition) is 0. The van der Waals surface area contributed by atoms with Gasteiger partial charge in [0, 0.05) is 34.2 Å². The number of rotatable bonds is 4. The Bertz CT molecular complexity index is 1240. The first-order valence-electron chi connectivity index (χ1n) is 10.5. The van der Waals surface area contributed by atoms with Gasteiger partial charge in [0.1, 0.15) is 0 Å². The van der Waals surface area contributed by atoms with Crippen LogP contribution in [0, 0.1) is 23.7 Å². The first-order valence-corrected chi connectivity index (χ1v) is 10.9. The molecule has 0 radical (unpaired) electrons. The smallest absolute Gasteiger partial charge is 0.254 e. The molecule has 31 heavy (non-hydrogen) atoms. The van der Waals surface area contributed by atoms with E-state index in [0.29, 0.717) is 11.6 Å². The number of para-hydroxylation sites is 1. The minimum absolute atomic E-state index is 0.159. The number of carbonyl (C=O) groups excluding carboxylic acids is 2. The maximum Gasteiger partial charge on any atom is 0.254 e. The molecule has 2 aromatic carbocycles. The molecular weight excluding hydrogens is 410 g/mol. The first kappa shape index (κ1) is 18.6. The fourth-order valence-electron chi connectivity index (χ4n) is 5.42. The molecule has 1 aromatic heterocycles. The van der Waals surface area contributed by atoms with Crippen LogP contribution in [0.4, 0.5) is 0 Å². The second kappa shape index (κ2) is 6.92. The van der Waals surface area contributed by atoms with Gasteiger partial charge in [-0.15, -0.1) is 0 Å². The second-order valence-corrected chi connectivity index (χ2v) is 9.03. The van der Waals surface area contributed by atoms with Crippen molar-refractivity contribution in [2.45, 2.75) is 13.0 Å². The molecule has 1 saturated heterocycles. The summed E-state index contributed by atoms with van der Waals surface area (Å²) in [5.41, 5.74) is 3.08. The Kier molecular flexibility index (Phi) is 4.15. The van der Waals surface area contributed by atoms with Gasteiger partial charge in [-0.2, -0.15) is 10.1 Å². The minimum Gasteiger partial charge on any atom is -0.342 e. The summed E-state index contributed by atoms with van der Waals surface area (Å²) in [5, 5.41) is 7.21. The van der Waals surface area contributed by atoms with Gasteiger partial charge in [-0.3, -0.25) is 9.59 Å². The van der Waals surface area contributed by atoms with Crippen molar-refractivity contribution in [1.29, 1.82) is 0 Å². The van der Waals surface area contributed by atoms with E-state index in [1.807, 2.05) is 48.7 Å². The number of amides is 2. The van der Waals surface area contributed by atoms with Gasteiger partial charge in [0.25, 0.3) is 11.8 Å². The average molecular weight is 430 g/mol. The molecule has 154 valence electrons. The summed E-state index contributed by atoms with van der Waals surface area (Å²) in [6.45, 7) is 0.687. The summed E-state index contributed by atoms with van der Waals surface area (Å²) < 4.78 is 2.15. The van der Waals surface area contributed by atoms with Crippen LogP contribution in [-0.2, 0) is 16.1 Å². The predicted octanol–water partition coefficient (Wildman–Crippen LogP) is 4.48. The maximum atomic E-state index is 12.9. The van der Waals surface area contributed by atoms with Crippen LogP contribution in [0.2, 0.25) is 5.02 Å². The molecule has 1 saturated carbocycles. The third-order valence-corrected chi connectivity index (χ3v) is 7.10. The van der Waals surface area contributed by atoms with E-state index >= 15 is 0 Å². The molecule has 6 rings (SSSR count). The highest BCUT2D eigenvalue weighted by molar-refractivity contribution is 6.30. The van der Waals surface area contributed by atoms with Gasteiger partial charge in [0.05, 0.1) is 18.1 Å². The molecule has 3 aliphatic rings. The molecule has 4 atom stereocenters. The van der Waals surface area contributed by atoms with Crippen LogP contribution < -0.4 is 0 Å². The lowest BCUT2D eigenvalue weighted by Crippen LogP contribution is -2.28. The van der Waals surface area contributed by atoms with E-state index in [4.69, 9.17) is 11.6 Å². The molecule has 1 aliphatic heterocycles. The van der Waals surface area contributed by atoms with Crippen LogP contribution in [0.15, 0.2) is 72.0 Å². The van der Waals surface area contributed by atoms with Crippen LogP contribution in [0.25, 0.3) is 10.9 Å². The van der Waals surface area contributed by atoms with Crippen LogP contribution in [-0.4, -0.2) is 27.6 Å². The quantitative estimate of drug-likeness (QED) is 0.348. The largest absolute Gasteiger partial charge is 0.342 e. The fourth-order valence-corrected chi connectivity index (χ4v) is 5.54. The molecule has 2 aliphatic carbocycles. The number of nitrogens with zero attached hydrogens (tertiary/aromatic N) is 3. The van der Waals surface area contributed by atoms with E-state index in [1.165, 1.54) is 0 Å². The van der Waals surface area contributed by atoms with E-state index in [1.54, 1.807) is 6.21 Å². The lowest BCUT2D eigenvalue weighted by molar-refractivity contribution is -0.140. The topological polar surface area (TPSA) is 54.7 Å². The molecule has 3 aromatic rings. The normalized spacial score (nSPS) is 26.7. The van der Waals surface area contributed by atoms with E-state index in [0.717, 1.165) is 33.5 Å². The Morgan fingerprint density at radius 2 is 1.65 bits per heavy atom. The zero-order valence-electron chi connectivity index (χ0n) is 16.7. The van der Waals surface area contributed by atoms with Crippen molar-refractivity contribution in [1.82, 2.24) is 9.58 Å². The predicted molar refractivity (Wildman–Crippen MR) is 120 cm³/mol. The number of halogens is 1. The SMILES string of the molecule is O=C1[C@H]2[C@H](C(=O)N1/N=C\c1cn(Cc3ccc(Cl)cc3)c3ccccc13)[C@H]1C=C[C@H]2C1. The van der Waals surface area contributed by atoms with Gasteiger partial charge in [0.2, 0.25) is 0 Å². The zero-order chi connectivity index (χ0) is 21.1. The molecule has 0 N–H and O–H groups in total. The van der Waals surface area contributed by atoms with Gasteiger partial charge in [-0.1, -0.05) is 54.1 Å². The van der Waals surface area contributed by atoms with E-state index in [-0.39, 0.29) is 35.5 Å². The Morgan fingerprint density at radius 3 is 2.35 bits per heavy atom. The molecule has 0 unspecified atom stereocenters. The second-order valence-electron chi connectivity index (χ2n) is 8.59. The van der Waals surface area contributed by atoms with Crippen molar-refractivity contribution in [3.05, 3.63) is 83.0 Å². The van der Waals surface area contributed by atoms with Crippen molar-refractivity contribution in [3.8, 4) is 0 Å². The summed E-state index contributed by atoms with van der Waals surface area (Å²) in [6.07, 6.45) is 8.76. The maximum absolute atomic E-state index is 12.9. The fraction of sp³-hybridized carbons (Fsp3) is 0.240. The van der Waals surface area contributed by atoms with Crippen LogP contribution in [0.1, 0.15) is 17.5 Å². The highest BCUT2D eigenvalue weighted by atomic mass is 35.5. The van der Waals surface area contributed by atoms with E-state index in [9.17, 15) is 9.59 Å². The van der Waals surface area contributed by atoms with Crippen molar-refractivity contribution < 1.29 is 9.59 Å². The number of benzene rings is 2. The van der Waals surface area contributed by atoms with Gasteiger partial charge in [-0.25, -0.2) is 0 Å². The standard InChI is InChI=1S/C25H20ClN3O2/c26-19-9-5-15(6-10-19)13-28-14-18(20-3-1-2-4-21(20)28)12-27-29-24(30)22-16-7-8-17(11-16)23(22)25(29)31/h1-10,12,14,16-17,22-23H,11,13H2/b27-12-/t16-,17-,22+,23+/m0/s1. The first-order chi connectivity index (χ1) is 15.1. The molecule has 2 bridgehead atoms. The molecule has 2 heterocycles. The summed E-state index contributed by atoms with van der Waals surface area (Å²) in [5.74, 6) is -0.404. The van der Waals surface area contributed by atoms with Gasteiger partial charge in [0.15, 0.2) is 0 Å². The highest BCUT2D eigenvalue weighted by Gasteiger charge is 2.59. The Morgan fingerprint density at radius 1 is 0.968 bits per heavy atom. The van der Waals surface area contributed by atoms with Crippen LogP contribution in [0.3, 0.4) is 0 Å². The van der Waals surface area contributed by atoms with Crippen LogP contribution >= 0.6 is 11.6 Å². The molecule has 2 fully saturated rings. The van der Waals surface area contributed by atoms with Crippen molar-refractivity contribution in [2.24, 2.45) is 28.8 Å². The summed E-state index contributed by atoms with van der Waals surface area (Å²) >= 11 is 6.01. The Hall–Kier alpha value is -3.18. The Labute approximate surface area is 184 Å². The van der Waals surface area contributed by atoms with E-state index < -0.39 is 0 Å². The van der Waals surface area contributed by atoms with Crippen molar-refractivity contribution in [3.63, 3.8) is 0 Å². The molecule has 2 amide bonds. The number of aromatic nitrogens is 1. The molecule has 5 nitrogen and oxygen atoms in total. The third-order valence-electron chi connectivity index (χ3n) is 6.84. The van der Waals surface area contributed by atoms with Crippen molar-refractivity contribution >= 4 is 40.5 Å². The lowest BCUT2D eigenvalue weighted by Gasteiger charge is -2.13.